The van der Waals surface area contributed by atoms with Crippen LogP contribution in [0.3, 0.4) is 0 Å². The molecule has 0 amide bonds. The minimum Gasteiger partial charge on any atom is -0.381 e. The molecule has 1 heterocycles. The lowest BCUT2D eigenvalue weighted by Gasteiger charge is -2.42. The van der Waals surface area contributed by atoms with Crippen molar-refractivity contribution in [2.24, 2.45) is 0 Å². The fourth-order valence-corrected chi connectivity index (χ4v) is 3.01. The highest BCUT2D eigenvalue weighted by atomic mass is 16.5. The zero-order valence-corrected chi connectivity index (χ0v) is 12.2. The molecule has 1 aromatic carbocycles. The number of hydrogen-bond donors (Lipinski definition) is 1. The summed E-state index contributed by atoms with van der Waals surface area (Å²) in [5.41, 5.74) is 2.52. The summed E-state index contributed by atoms with van der Waals surface area (Å²) < 4.78 is 11.4. The Balaban J connectivity index is 2.25. The molecule has 1 aromatic rings. The molecule has 0 aromatic heterocycles. The van der Waals surface area contributed by atoms with Crippen LogP contribution in [-0.4, -0.2) is 33.0 Å². The van der Waals surface area contributed by atoms with Crippen LogP contribution in [0.4, 0.5) is 0 Å². The van der Waals surface area contributed by atoms with E-state index in [0.29, 0.717) is 0 Å². The van der Waals surface area contributed by atoms with E-state index in [2.05, 4.69) is 36.5 Å². The van der Waals surface area contributed by atoms with Gasteiger partial charge in [-0.05, 0) is 24.6 Å². The zero-order valence-electron chi connectivity index (χ0n) is 12.2. The van der Waals surface area contributed by atoms with Crippen LogP contribution in [0.15, 0.2) is 24.3 Å². The van der Waals surface area contributed by atoms with Gasteiger partial charge in [0.25, 0.3) is 0 Å². The molecule has 0 bridgehead atoms. The second-order valence-corrected chi connectivity index (χ2v) is 5.20. The topological polar surface area (TPSA) is 30.5 Å². The van der Waals surface area contributed by atoms with Crippen molar-refractivity contribution >= 4 is 0 Å². The predicted octanol–water partition coefficient (Wildman–Crippen LogP) is 2.71. The minimum atomic E-state index is -0.152. The summed E-state index contributed by atoms with van der Waals surface area (Å²) in [5, 5.41) is 3.44. The number of aryl methyl sites for hydroxylation is 1. The van der Waals surface area contributed by atoms with E-state index < -0.39 is 0 Å². The molecule has 1 saturated heterocycles. The van der Waals surface area contributed by atoms with Gasteiger partial charge in [0.2, 0.25) is 0 Å². The van der Waals surface area contributed by atoms with Gasteiger partial charge in [-0.1, -0.05) is 31.2 Å². The van der Waals surface area contributed by atoms with Crippen molar-refractivity contribution in [3.05, 3.63) is 35.4 Å². The quantitative estimate of drug-likeness (QED) is 0.886. The molecule has 0 saturated carbocycles. The van der Waals surface area contributed by atoms with Crippen molar-refractivity contribution in [3.63, 3.8) is 0 Å². The summed E-state index contributed by atoms with van der Waals surface area (Å²) >= 11 is 0. The van der Waals surface area contributed by atoms with Crippen molar-refractivity contribution < 1.29 is 9.47 Å². The molecule has 1 N–H and O–H groups in total. The summed E-state index contributed by atoms with van der Waals surface area (Å²) in [7, 11) is 3.82. The van der Waals surface area contributed by atoms with Crippen LogP contribution < -0.4 is 5.32 Å². The minimum absolute atomic E-state index is 0.152. The molecule has 0 spiro atoms. The van der Waals surface area contributed by atoms with E-state index >= 15 is 0 Å². The molecule has 0 aliphatic carbocycles. The Morgan fingerprint density at radius 3 is 2.37 bits per heavy atom. The van der Waals surface area contributed by atoms with Gasteiger partial charge in [-0.25, -0.2) is 0 Å². The summed E-state index contributed by atoms with van der Waals surface area (Å²) in [6.07, 6.45) is 2.95. The number of benzene rings is 1. The van der Waals surface area contributed by atoms with Gasteiger partial charge >= 0.3 is 0 Å². The van der Waals surface area contributed by atoms with Crippen LogP contribution >= 0.6 is 0 Å². The van der Waals surface area contributed by atoms with E-state index in [0.717, 1.165) is 32.5 Å². The van der Waals surface area contributed by atoms with E-state index in [1.807, 2.05) is 14.2 Å². The third-order valence-electron chi connectivity index (χ3n) is 4.28. The van der Waals surface area contributed by atoms with Crippen LogP contribution in [-0.2, 0) is 15.9 Å². The third-order valence-corrected chi connectivity index (χ3v) is 4.28. The lowest BCUT2D eigenvalue weighted by atomic mass is 9.82. The highest BCUT2D eigenvalue weighted by molar-refractivity contribution is 5.27. The van der Waals surface area contributed by atoms with Crippen LogP contribution in [0.1, 0.15) is 36.9 Å². The molecule has 2 rings (SSSR count). The second-order valence-electron chi connectivity index (χ2n) is 5.20. The Kier molecular flexibility index (Phi) is 4.97. The average Bonchev–Trinajstić information content (AvgIpc) is 2.49. The van der Waals surface area contributed by atoms with Crippen LogP contribution in [0.5, 0.6) is 0 Å². The van der Waals surface area contributed by atoms with Gasteiger partial charge in [-0.2, -0.15) is 0 Å². The van der Waals surface area contributed by atoms with Crippen molar-refractivity contribution in [1.29, 1.82) is 0 Å². The van der Waals surface area contributed by atoms with Crippen LogP contribution in [0, 0.1) is 0 Å². The Morgan fingerprint density at radius 2 is 1.89 bits per heavy atom. The maximum atomic E-state index is 5.90. The lowest BCUT2D eigenvalue weighted by molar-refractivity contribution is -0.110. The highest BCUT2D eigenvalue weighted by Crippen LogP contribution is 2.37. The second kappa shape index (κ2) is 6.51. The molecular formula is C16H25NO2. The van der Waals surface area contributed by atoms with Gasteiger partial charge in [0.15, 0.2) is 0 Å². The Bertz CT molecular complexity index is 382. The van der Waals surface area contributed by atoms with Crippen molar-refractivity contribution in [2.75, 3.05) is 27.4 Å². The monoisotopic (exact) mass is 263 g/mol. The Morgan fingerprint density at radius 1 is 1.26 bits per heavy atom. The van der Waals surface area contributed by atoms with E-state index in [1.165, 1.54) is 11.1 Å². The van der Waals surface area contributed by atoms with E-state index in [-0.39, 0.29) is 11.6 Å². The first-order valence-corrected chi connectivity index (χ1v) is 7.14. The SMILES string of the molecule is CCc1ccc(C(NC)C2(OC)CCOCC2)cc1. The third kappa shape index (κ3) is 2.99. The number of rotatable bonds is 5. The van der Waals surface area contributed by atoms with E-state index in [1.54, 1.807) is 0 Å². The highest BCUT2D eigenvalue weighted by Gasteiger charge is 2.40. The smallest absolute Gasteiger partial charge is 0.0916 e. The van der Waals surface area contributed by atoms with Gasteiger partial charge in [0.05, 0.1) is 11.6 Å². The Hall–Kier alpha value is -0.900. The molecular weight excluding hydrogens is 238 g/mol. The molecule has 1 fully saturated rings. The first-order valence-electron chi connectivity index (χ1n) is 7.14. The number of methoxy groups -OCH3 is 1. The van der Waals surface area contributed by atoms with Gasteiger partial charge in [-0.15, -0.1) is 0 Å². The zero-order chi connectivity index (χ0) is 13.7. The number of hydrogen-bond acceptors (Lipinski definition) is 3. The molecule has 1 atom stereocenters. The standard InChI is InChI=1S/C16H25NO2/c1-4-13-5-7-14(8-6-13)15(17-2)16(18-3)9-11-19-12-10-16/h5-8,15,17H,4,9-12H2,1-3H3. The molecule has 106 valence electrons. The first kappa shape index (κ1) is 14.5. The van der Waals surface area contributed by atoms with Crippen LogP contribution in [0.25, 0.3) is 0 Å². The average molecular weight is 263 g/mol. The molecule has 1 aliphatic heterocycles. The summed E-state index contributed by atoms with van der Waals surface area (Å²) in [4.78, 5) is 0. The molecule has 1 aliphatic rings. The molecule has 3 heteroatoms. The first-order chi connectivity index (χ1) is 9.25. The predicted molar refractivity (Wildman–Crippen MR) is 77.4 cm³/mol. The van der Waals surface area contributed by atoms with Crippen molar-refractivity contribution in [2.45, 2.75) is 37.8 Å². The van der Waals surface area contributed by atoms with Gasteiger partial charge in [-0.3, -0.25) is 0 Å². The lowest BCUT2D eigenvalue weighted by Crippen LogP contribution is -2.48. The molecule has 0 radical (unpaired) electrons. The van der Waals surface area contributed by atoms with Gasteiger partial charge in [0, 0.05) is 33.2 Å². The largest absolute Gasteiger partial charge is 0.381 e. The van der Waals surface area contributed by atoms with Gasteiger partial charge < -0.3 is 14.8 Å². The van der Waals surface area contributed by atoms with Gasteiger partial charge in [0.1, 0.15) is 0 Å². The Labute approximate surface area is 116 Å². The number of nitrogens with one attached hydrogen (secondary N) is 1. The molecule has 3 nitrogen and oxygen atoms in total. The normalized spacial score (nSPS) is 20.2. The molecule has 1 unspecified atom stereocenters. The summed E-state index contributed by atoms with van der Waals surface area (Å²) in [6, 6.07) is 9.07. The number of likely N-dealkylation sites (N-methyl/N-ethyl adjacent to an activating group) is 1. The van der Waals surface area contributed by atoms with Crippen LogP contribution in [0.2, 0.25) is 0 Å². The van der Waals surface area contributed by atoms with Crippen molar-refractivity contribution in [3.8, 4) is 0 Å². The fraction of sp³-hybridized carbons (Fsp3) is 0.625. The molecule has 19 heavy (non-hydrogen) atoms. The summed E-state index contributed by atoms with van der Waals surface area (Å²) in [6.45, 7) is 3.73. The van der Waals surface area contributed by atoms with E-state index in [9.17, 15) is 0 Å². The van der Waals surface area contributed by atoms with E-state index in [4.69, 9.17) is 9.47 Å². The maximum Gasteiger partial charge on any atom is 0.0916 e. The summed E-state index contributed by atoms with van der Waals surface area (Å²) in [5.74, 6) is 0. The van der Waals surface area contributed by atoms with Crippen molar-refractivity contribution in [1.82, 2.24) is 5.32 Å². The fourth-order valence-electron chi connectivity index (χ4n) is 3.01. The number of ether oxygens (including phenoxy) is 2. The maximum absolute atomic E-state index is 5.90.